The third-order valence-electron chi connectivity index (χ3n) is 9.09. The number of nitrogens with one attached hydrogen (secondary N) is 1. The zero-order chi connectivity index (χ0) is 32.1. The van der Waals surface area contributed by atoms with Gasteiger partial charge in [0.05, 0.1) is 18.7 Å². The molecule has 45 heavy (non-hydrogen) atoms. The molecule has 0 aromatic carbocycles. The Morgan fingerprint density at radius 2 is 1.84 bits per heavy atom. The number of hydrogen-bond donors (Lipinski definition) is 1. The lowest BCUT2D eigenvalue weighted by Crippen LogP contribution is -2.54. The highest BCUT2D eigenvalue weighted by Gasteiger charge is 2.41. The van der Waals surface area contributed by atoms with E-state index in [1.165, 1.54) is 0 Å². The van der Waals surface area contributed by atoms with Crippen LogP contribution in [-0.2, 0) is 9.53 Å². The molecule has 3 atom stereocenters. The van der Waals surface area contributed by atoms with Crippen LogP contribution in [0.3, 0.4) is 0 Å². The van der Waals surface area contributed by atoms with E-state index in [0.29, 0.717) is 62.2 Å². The molecule has 2 amide bonds. The van der Waals surface area contributed by atoms with E-state index >= 15 is 0 Å². The van der Waals surface area contributed by atoms with Gasteiger partial charge in [-0.25, -0.2) is 4.79 Å². The predicted octanol–water partition coefficient (Wildman–Crippen LogP) is 4.40. The number of rotatable bonds is 10. The fourth-order valence-electron chi connectivity index (χ4n) is 6.46. The van der Waals surface area contributed by atoms with Crippen molar-refractivity contribution in [3.05, 3.63) is 18.0 Å². The summed E-state index contributed by atoms with van der Waals surface area (Å²) >= 11 is 0. The first-order chi connectivity index (χ1) is 21.5. The summed E-state index contributed by atoms with van der Waals surface area (Å²) in [5, 5.41) is 15.9. The van der Waals surface area contributed by atoms with E-state index in [-0.39, 0.29) is 23.9 Å². The molecule has 3 aliphatic rings. The highest BCUT2D eigenvalue weighted by atomic mass is 16.6. The zero-order valence-electron chi connectivity index (χ0n) is 27.7. The highest BCUT2D eigenvalue weighted by Crippen LogP contribution is 2.30. The normalized spacial score (nSPS) is 22.2. The first kappa shape index (κ1) is 32.7. The molecule has 13 nitrogen and oxygen atoms in total. The van der Waals surface area contributed by atoms with E-state index in [9.17, 15) is 9.59 Å². The predicted molar refractivity (Wildman–Crippen MR) is 169 cm³/mol. The van der Waals surface area contributed by atoms with Crippen molar-refractivity contribution in [1.29, 1.82) is 0 Å². The number of carbonyl (C=O) groups excluding carboxylic acids is 2. The quantitative estimate of drug-likeness (QED) is 0.401. The number of likely N-dealkylation sites (tertiary alicyclic amines) is 1. The van der Waals surface area contributed by atoms with Gasteiger partial charge in [0.25, 0.3) is 0 Å². The van der Waals surface area contributed by atoms with Gasteiger partial charge in [-0.15, -0.1) is 10.2 Å². The lowest BCUT2D eigenvalue weighted by atomic mass is 9.84. The standard InChI is InChI=1S/C32H50N8O5/c1-21(2)29-34-30(45-37-29)38-16-12-23(13-17-38)22(3)14-18-43-27-11-10-26(35-36-27)39-19-24(33-31(42)44-32(4,5)6)25(20-39)40-15-8-7-9-28(40)41/h10-11,21-25H,7-9,12-20H2,1-6H3,(H,33,42)/t22-,24+,25+/m1/s1. The maximum Gasteiger partial charge on any atom is 0.408 e. The van der Waals surface area contributed by atoms with Gasteiger partial charge in [0, 0.05) is 51.1 Å². The molecule has 1 N–H and O–H groups in total. The third-order valence-corrected chi connectivity index (χ3v) is 9.09. The first-order valence-electron chi connectivity index (χ1n) is 16.6. The molecule has 0 saturated carbocycles. The van der Waals surface area contributed by atoms with E-state index < -0.39 is 11.7 Å². The van der Waals surface area contributed by atoms with Crippen LogP contribution in [0, 0.1) is 11.8 Å². The van der Waals surface area contributed by atoms with E-state index in [2.05, 4.69) is 56.2 Å². The molecule has 3 saturated heterocycles. The molecule has 5 rings (SSSR count). The molecule has 248 valence electrons. The highest BCUT2D eigenvalue weighted by molar-refractivity contribution is 5.78. The van der Waals surface area contributed by atoms with Crippen molar-refractivity contribution in [2.75, 3.05) is 49.1 Å². The molecule has 0 aliphatic carbocycles. The molecule has 3 fully saturated rings. The Balaban J connectivity index is 1.10. The SMILES string of the molecule is CC(C)c1noc(N2CCC([C@H](C)CCOc3ccc(N4C[C@H](NC(=O)OC(C)(C)C)[C@@H](N5CCCCC5=O)C4)nn3)CC2)n1. The summed E-state index contributed by atoms with van der Waals surface area (Å²) in [4.78, 5) is 36.1. The summed E-state index contributed by atoms with van der Waals surface area (Å²) < 4.78 is 17.0. The summed E-state index contributed by atoms with van der Waals surface area (Å²) in [5.74, 6) is 3.45. The van der Waals surface area contributed by atoms with Crippen LogP contribution >= 0.6 is 0 Å². The first-order valence-corrected chi connectivity index (χ1v) is 16.6. The van der Waals surface area contributed by atoms with Gasteiger partial charge in [0.15, 0.2) is 11.6 Å². The molecule has 2 aromatic rings. The Labute approximate surface area is 266 Å². The van der Waals surface area contributed by atoms with Crippen molar-refractivity contribution in [1.82, 2.24) is 30.6 Å². The summed E-state index contributed by atoms with van der Waals surface area (Å²) in [6.07, 6.45) is 5.02. The van der Waals surface area contributed by atoms with Gasteiger partial charge < -0.3 is 34.0 Å². The van der Waals surface area contributed by atoms with Crippen LogP contribution in [-0.4, -0.2) is 94.3 Å². The van der Waals surface area contributed by atoms with Crippen LogP contribution in [0.4, 0.5) is 16.6 Å². The second-order valence-electron chi connectivity index (χ2n) is 14.0. The lowest BCUT2D eigenvalue weighted by Gasteiger charge is -2.35. The van der Waals surface area contributed by atoms with E-state index in [1.54, 1.807) is 0 Å². The fourth-order valence-corrected chi connectivity index (χ4v) is 6.46. The molecular formula is C32H50N8O5. The Kier molecular flexibility index (Phi) is 10.3. The molecule has 3 aliphatic heterocycles. The third kappa shape index (κ3) is 8.55. The second-order valence-corrected chi connectivity index (χ2v) is 14.0. The molecule has 0 radical (unpaired) electrons. The van der Waals surface area contributed by atoms with Gasteiger partial charge >= 0.3 is 12.1 Å². The van der Waals surface area contributed by atoms with Crippen molar-refractivity contribution in [3.8, 4) is 5.88 Å². The topological polar surface area (TPSA) is 139 Å². The minimum absolute atomic E-state index is 0.130. The van der Waals surface area contributed by atoms with Crippen LogP contribution in [0.5, 0.6) is 5.88 Å². The molecule has 5 heterocycles. The van der Waals surface area contributed by atoms with Gasteiger partial charge in [-0.05, 0) is 70.8 Å². The lowest BCUT2D eigenvalue weighted by molar-refractivity contribution is -0.135. The molecule has 13 heteroatoms. The van der Waals surface area contributed by atoms with E-state index in [1.807, 2.05) is 37.8 Å². The smallest absolute Gasteiger partial charge is 0.408 e. The Morgan fingerprint density at radius 3 is 2.49 bits per heavy atom. The second kappa shape index (κ2) is 14.2. The van der Waals surface area contributed by atoms with Crippen LogP contribution in [0.15, 0.2) is 16.7 Å². The van der Waals surface area contributed by atoms with Crippen molar-refractivity contribution in [2.45, 2.75) is 104 Å². The number of piperidine rings is 2. The number of nitrogens with zero attached hydrogens (tertiary/aromatic N) is 7. The number of hydrogen-bond acceptors (Lipinski definition) is 11. The van der Waals surface area contributed by atoms with Crippen molar-refractivity contribution in [2.24, 2.45) is 11.8 Å². The Hall–Kier alpha value is -3.64. The average molecular weight is 627 g/mol. The number of ether oxygens (including phenoxy) is 2. The van der Waals surface area contributed by atoms with Crippen molar-refractivity contribution < 1.29 is 23.6 Å². The van der Waals surface area contributed by atoms with Crippen LogP contribution < -0.4 is 19.9 Å². The molecule has 0 bridgehead atoms. The number of aromatic nitrogens is 4. The number of alkyl carbamates (subject to hydrolysis) is 1. The van der Waals surface area contributed by atoms with Gasteiger partial charge in [-0.3, -0.25) is 4.79 Å². The number of anilines is 2. The molecule has 0 spiro atoms. The van der Waals surface area contributed by atoms with Gasteiger partial charge in [0.2, 0.25) is 11.8 Å². The molecular weight excluding hydrogens is 576 g/mol. The summed E-state index contributed by atoms with van der Waals surface area (Å²) in [7, 11) is 0. The largest absolute Gasteiger partial charge is 0.477 e. The minimum Gasteiger partial charge on any atom is -0.477 e. The van der Waals surface area contributed by atoms with Gasteiger partial charge in [0.1, 0.15) is 5.60 Å². The van der Waals surface area contributed by atoms with Gasteiger partial charge in [-0.1, -0.05) is 25.9 Å². The maximum absolute atomic E-state index is 12.8. The minimum atomic E-state index is -0.608. The summed E-state index contributed by atoms with van der Waals surface area (Å²) in [5.41, 5.74) is -0.608. The average Bonchev–Trinajstić information content (AvgIpc) is 3.65. The number of carbonyl (C=O) groups is 2. The molecule has 2 aromatic heterocycles. The zero-order valence-corrected chi connectivity index (χ0v) is 27.7. The fraction of sp³-hybridized carbons (Fsp3) is 0.750. The molecule has 0 unspecified atom stereocenters. The summed E-state index contributed by atoms with van der Waals surface area (Å²) in [6, 6.07) is 3.93. The number of amides is 2. The van der Waals surface area contributed by atoms with E-state index in [4.69, 9.17) is 14.0 Å². The van der Waals surface area contributed by atoms with Crippen LogP contribution in [0.1, 0.15) is 91.8 Å². The maximum atomic E-state index is 12.8. The van der Waals surface area contributed by atoms with E-state index in [0.717, 1.165) is 51.0 Å². The van der Waals surface area contributed by atoms with Crippen molar-refractivity contribution in [3.63, 3.8) is 0 Å². The summed E-state index contributed by atoms with van der Waals surface area (Å²) in [6.45, 7) is 16.1. The monoisotopic (exact) mass is 626 g/mol. The van der Waals surface area contributed by atoms with Gasteiger partial charge in [-0.2, -0.15) is 4.98 Å². The van der Waals surface area contributed by atoms with Crippen molar-refractivity contribution >= 4 is 23.8 Å². The Bertz CT molecular complexity index is 1270. The van der Waals surface area contributed by atoms with Crippen LogP contribution in [0.2, 0.25) is 0 Å². The van der Waals surface area contributed by atoms with Crippen LogP contribution in [0.25, 0.3) is 0 Å². The Morgan fingerprint density at radius 1 is 1.07 bits per heavy atom.